The Morgan fingerprint density at radius 3 is 2.52 bits per heavy atom. The van der Waals surface area contributed by atoms with E-state index in [-0.39, 0.29) is 48.8 Å². The quantitative estimate of drug-likeness (QED) is 0.644. The zero-order chi connectivity index (χ0) is 20.4. The molecule has 2 aliphatic carbocycles. The van der Waals surface area contributed by atoms with Crippen LogP contribution in [0.5, 0.6) is 0 Å². The van der Waals surface area contributed by atoms with Gasteiger partial charge in [-0.15, -0.1) is 0 Å². The van der Waals surface area contributed by atoms with Gasteiger partial charge in [0.15, 0.2) is 0 Å². The number of aryl methyl sites for hydroxylation is 1. The molecule has 0 bridgehead atoms. The van der Waals surface area contributed by atoms with E-state index in [2.05, 4.69) is 28.1 Å². The second-order valence-corrected chi connectivity index (χ2v) is 8.05. The number of nitrogens with zero attached hydrogens (tertiary/aromatic N) is 1. The molecule has 0 aromatic heterocycles. The SMILES string of the molecule is O=C(CN1C(=O)CNC1=O)NC1CCC(C(=O)NC2CCc3ccccc32)CC1. The molecule has 1 aliphatic heterocycles. The Morgan fingerprint density at radius 1 is 1.03 bits per heavy atom. The molecule has 154 valence electrons. The molecule has 29 heavy (non-hydrogen) atoms. The maximum Gasteiger partial charge on any atom is 0.325 e. The molecule has 1 unspecified atom stereocenters. The minimum Gasteiger partial charge on any atom is -0.352 e. The molecule has 1 atom stereocenters. The molecular formula is C21H26N4O4. The summed E-state index contributed by atoms with van der Waals surface area (Å²) in [7, 11) is 0. The molecule has 4 rings (SSSR count). The summed E-state index contributed by atoms with van der Waals surface area (Å²) in [5.41, 5.74) is 2.54. The summed E-state index contributed by atoms with van der Waals surface area (Å²) in [5, 5.41) is 8.49. The first kappa shape index (κ1) is 19.4. The minimum atomic E-state index is -0.529. The standard InChI is InChI=1S/C21H26N4O4/c26-18(12-25-19(27)11-22-21(25)29)23-15-8-5-14(6-9-15)20(28)24-17-10-7-13-3-1-2-4-16(13)17/h1-4,14-15,17H,5-12H2,(H,22,29)(H,23,26)(H,24,28). The van der Waals surface area contributed by atoms with Crippen molar-refractivity contribution in [3.8, 4) is 0 Å². The fraction of sp³-hybridized carbons (Fsp3) is 0.524. The highest BCUT2D eigenvalue weighted by atomic mass is 16.2. The van der Waals surface area contributed by atoms with Gasteiger partial charge < -0.3 is 16.0 Å². The molecule has 1 heterocycles. The van der Waals surface area contributed by atoms with Crippen LogP contribution in [0.4, 0.5) is 4.79 Å². The van der Waals surface area contributed by atoms with Crippen molar-refractivity contribution in [2.24, 2.45) is 5.92 Å². The molecule has 8 nitrogen and oxygen atoms in total. The average Bonchev–Trinajstić information content (AvgIpc) is 3.27. The van der Waals surface area contributed by atoms with Crippen molar-refractivity contribution in [3.63, 3.8) is 0 Å². The molecule has 1 saturated heterocycles. The number of fused-ring (bicyclic) bond motifs is 1. The van der Waals surface area contributed by atoms with E-state index >= 15 is 0 Å². The summed E-state index contributed by atoms with van der Waals surface area (Å²) in [5.74, 6) is -0.678. The third-order valence-electron chi connectivity index (χ3n) is 6.15. The number of hydrogen-bond donors (Lipinski definition) is 3. The number of benzene rings is 1. The Morgan fingerprint density at radius 2 is 1.79 bits per heavy atom. The minimum absolute atomic E-state index is 0.0282. The first-order chi connectivity index (χ1) is 14.0. The number of rotatable bonds is 5. The monoisotopic (exact) mass is 398 g/mol. The Hall–Kier alpha value is -2.90. The van der Waals surface area contributed by atoms with E-state index in [1.807, 2.05) is 12.1 Å². The zero-order valence-electron chi connectivity index (χ0n) is 16.3. The summed E-state index contributed by atoms with van der Waals surface area (Å²) in [4.78, 5) is 48.9. The summed E-state index contributed by atoms with van der Waals surface area (Å²) in [6, 6.07) is 7.79. The number of carbonyl (C=O) groups excluding carboxylic acids is 4. The molecule has 1 aromatic rings. The summed E-state index contributed by atoms with van der Waals surface area (Å²) in [6.07, 6.45) is 4.80. The summed E-state index contributed by atoms with van der Waals surface area (Å²) in [6.45, 7) is -0.316. The first-order valence-corrected chi connectivity index (χ1v) is 10.3. The summed E-state index contributed by atoms with van der Waals surface area (Å²) >= 11 is 0. The van der Waals surface area contributed by atoms with Crippen molar-refractivity contribution < 1.29 is 19.2 Å². The highest BCUT2D eigenvalue weighted by Gasteiger charge is 2.33. The maximum absolute atomic E-state index is 12.7. The molecule has 5 amide bonds. The average molecular weight is 398 g/mol. The van der Waals surface area contributed by atoms with Crippen molar-refractivity contribution in [2.45, 2.75) is 50.6 Å². The smallest absolute Gasteiger partial charge is 0.325 e. The van der Waals surface area contributed by atoms with Crippen LogP contribution < -0.4 is 16.0 Å². The molecule has 1 saturated carbocycles. The van der Waals surface area contributed by atoms with Crippen LogP contribution in [0.2, 0.25) is 0 Å². The van der Waals surface area contributed by atoms with Crippen molar-refractivity contribution >= 4 is 23.8 Å². The lowest BCUT2D eigenvalue weighted by atomic mass is 9.85. The normalized spacial score (nSPS) is 26.1. The van der Waals surface area contributed by atoms with Crippen molar-refractivity contribution in [1.82, 2.24) is 20.9 Å². The van der Waals surface area contributed by atoms with Crippen LogP contribution in [0.3, 0.4) is 0 Å². The predicted octanol–water partition coefficient (Wildman–Crippen LogP) is 1.02. The molecule has 1 aromatic carbocycles. The lowest BCUT2D eigenvalue weighted by Gasteiger charge is -2.29. The van der Waals surface area contributed by atoms with Crippen LogP contribution in [0.1, 0.15) is 49.3 Å². The number of amides is 5. The van der Waals surface area contributed by atoms with Crippen LogP contribution in [-0.4, -0.2) is 47.8 Å². The largest absolute Gasteiger partial charge is 0.352 e. The van der Waals surface area contributed by atoms with Gasteiger partial charge in [0.25, 0.3) is 5.91 Å². The molecule has 0 spiro atoms. The van der Waals surface area contributed by atoms with Crippen molar-refractivity contribution in [3.05, 3.63) is 35.4 Å². The number of carbonyl (C=O) groups is 4. The van der Waals surface area contributed by atoms with Gasteiger partial charge in [0, 0.05) is 12.0 Å². The van der Waals surface area contributed by atoms with Gasteiger partial charge in [0.05, 0.1) is 12.6 Å². The number of imide groups is 1. The van der Waals surface area contributed by atoms with Crippen molar-refractivity contribution in [2.75, 3.05) is 13.1 Å². The van der Waals surface area contributed by atoms with Crippen LogP contribution in [0, 0.1) is 5.92 Å². The topological polar surface area (TPSA) is 108 Å². The molecule has 2 fully saturated rings. The van der Waals surface area contributed by atoms with Crippen molar-refractivity contribution in [1.29, 1.82) is 0 Å². The van der Waals surface area contributed by atoms with E-state index in [9.17, 15) is 19.2 Å². The fourth-order valence-electron chi connectivity index (χ4n) is 4.53. The predicted molar refractivity (Wildman–Crippen MR) is 105 cm³/mol. The molecule has 8 heteroatoms. The first-order valence-electron chi connectivity index (χ1n) is 10.3. The highest BCUT2D eigenvalue weighted by molar-refractivity contribution is 6.04. The maximum atomic E-state index is 12.7. The van der Waals surface area contributed by atoms with E-state index in [1.165, 1.54) is 11.1 Å². The lowest BCUT2D eigenvalue weighted by Crippen LogP contribution is -2.46. The van der Waals surface area contributed by atoms with Gasteiger partial charge in [0.2, 0.25) is 11.8 Å². The van der Waals surface area contributed by atoms with E-state index < -0.39 is 6.03 Å². The second-order valence-electron chi connectivity index (χ2n) is 8.05. The number of nitrogens with one attached hydrogen (secondary N) is 3. The van der Waals surface area contributed by atoms with Crippen LogP contribution >= 0.6 is 0 Å². The van der Waals surface area contributed by atoms with E-state index in [4.69, 9.17) is 0 Å². The third kappa shape index (κ3) is 4.26. The van der Waals surface area contributed by atoms with Crippen LogP contribution in [0.15, 0.2) is 24.3 Å². The van der Waals surface area contributed by atoms with Gasteiger partial charge in [0.1, 0.15) is 6.54 Å². The second kappa shape index (κ2) is 8.23. The Labute approximate surface area is 169 Å². The summed E-state index contributed by atoms with van der Waals surface area (Å²) < 4.78 is 0. The molecule has 3 N–H and O–H groups in total. The molecular weight excluding hydrogens is 372 g/mol. The van der Waals surface area contributed by atoms with Gasteiger partial charge in [-0.05, 0) is 49.7 Å². The van der Waals surface area contributed by atoms with E-state index in [0.29, 0.717) is 25.7 Å². The molecule has 0 radical (unpaired) electrons. The van der Waals surface area contributed by atoms with Gasteiger partial charge in [-0.3, -0.25) is 19.3 Å². The van der Waals surface area contributed by atoms with E-state index in [1.54, 1.807) is 0 Å². The van der Waals surface area contributed by atoms with Gasteiger partial charge >= 0.3 is 6.03 Å². The Kier molecular flexibility index (Phi) is 5.51. The zero-order valence-corrected chi connectivity index (χ0v) is 16.3. The number of hydrogen-bond acceptors (Lipinski definition) is 4. The van der Waals surface area contributed by atoms with E-state index in [0.717, 1.165) is 17.7 Å². The number of urea groups is 1. The molecule has 3 aliphatic rings. The van der Waals surface area contributed by atoms with Crippen LogP contribution in [0.25, 0.3) is 0 Å². The Balaban J connectivity index is 1.22. The lowest BCUT2D eigenvalue weighted by molar-refractivity contribution is -0.131. The van der Waals surface area contributed by atoms with Crippen LogP contribution in [-0.2, 0) is 20.8 Å². The fourth-order valence-corrected chi connectivity index (χ4v) is 4.53. The van der Waals surface area contributed by atoms with Gasteiger partial charge in [-0.1, -0.05) is 24.3 Å². The third-order valence-corrected chi connectivity index (χ3v) is 6.15. The van der Waals surface area contributed by atoms with Gasteiger partial charge in [-0.25, -0.2) is 4.79 Å². The highest BCUT2D eigenvalue weighted by Crippen LogP contribution is 2.32. The Bertz CT molecular complexity index is 816. The van der Waals surface area contributed by atoms with Gasteiger partial charge in [-0.2, -0.15) is 0 Å².